The molecule has 1 amide bonds. The van der Waals surface area contributed by atoms with Gasteiger partial charge in [-0.25, -0.2) is 14.2 Å². The fraction of sp³-hybridized carbons (Fsp3) is 0.167. The van der Waals surface area contributed by atoms with Crippen LogP contribution in [0, 0.1) is 13.8 Å². The van der Waals surface area contributed by atoms with Crippen LogP contribution in [0.4, 0.5) is 5.95 Å². The van der Waals surface area contributed by atoms with E-state index < -0.39 is 21.6 Å². The van der Waals surface area contributed by atoms with Crippen molar-refractivity contribution in [3.8, 4) is 11.3 Å². The van der Waals surface area contributed by atoms with E-state index in [1.165, 1.54) is 18.2 Å². The molecule has 2 aromatic heterocycles. The number of hydrogen-bond acceptors (Lipinski definition) is 8. The molecule has 144 valence electrons. The molecular formula is C18H16N4O4S2. The van der Waals surface area contributed by atoms with E-state index >= 15 is 0 Å². The maximum atomic E-state index is 12.7. The van der Waals surface area contributed by atoms with Gasteiger partial charge in [0.1, 0.15) is 9.04 Å². The van der Waals surface area contributed by atoms with E-state index in [0.717, 1.165) is 28.0 Å². The van der Waals surface area contributed by atoms with Crippen LogP contribution >= 0.6 is 11.3 Å². The summed E-state index contributed by atoms with van der Waals surface area (Å²) in [6.45, 7) is 3.92. The zero-order valence-corrected chi connectivity index (χ0v) is 16.6. The van der Waals surface area contributed by atoms with Gasteiger partial charge in [-0.05, 0) is 37.6 Å². The Bertz CT molecular complexity index is 1270. The Balaban J connectivity index is 1.85. The van der Waals surface area contributed by atoms with Crippen LogP contribution in [-0.2, 0) is 19.1 Å². The van der Waals surface area contributed by atoms with Crippen LogP contribution in [-0.4, -0.2) is 29.9 Å². The summed E-state index contributed by atoms with van der Waals surface area (Å²) in [7, 11) is -4.24. The number of rotatable bonds is 5. The van der Waals surface area contributed by atoms with Gasteiger partial charge >= 0.3 is 10.1 Å². The molecule has 28 heavy (non-hydrogen) atoms. The van der Waals surface area contributed by atoms with Crippen LogP contribution in [0.1, 0.15) is 11.1 Å². The molecule has 0 saturated heterocycles. The molecule has 4 rings (SSSR count). The highest BCUT2D eigenvalue weighted by Crippen LogP contribution is 2.39. The second-order valence-electron chi connectivity index (χ2n) is 6.56. The molecule has 2 heterocycles. The Kier molecular flexibility index (Phi) is 4.03. The molecule has 10 heteroatoms. The van der Waals surface area contributed by atoms with Gasteiger partial charge in [0, 0.05) is 10.9 Å². The second-order valence-corrected chi connectivity index (χ2v) is 9.37. The Labute approximate surface area is 165 Å². The van der Waals surface area contributed by atoms with E-state index in [2.05, 4.69) is 9.97 Å². The molecule has 8 nitrogen and oxygen atoms in total. The molecule has 0 atom stereocenters. The van der Waals surface area contributed by atoms with Crippen molar-refractivity contribution in [1.82, 2.24) is 9.97 Å². The molecule has 1 aliphatic carbocycles. The van der Waals surface area contributed by atoms with Gasteiger partial charge in [-0.15, -0.1) is 11.3 Å². The van der Waals surface area contributed by atoms with Crippen LogP contribution in [0.15, 0.2) is 40.6 Å². The van der Waals surface area contributed by atoms with Gasteiger partial charge in [0.15, 0.2) is 0 Å². The summed E-state index contributed by atoms with van der Waals surface area (Å²) < 4.78 is 30.3. The van der Waals surface area contributed by atoms with E-state index in [9.17, 15) is 13.2 Å². The highest BCUT2D eigenvalue weighted by molar-refractivity contribution is 7.89. The zero-order valence-electron chi connectivity index (χ0n) is 15.0. The van der Waals surface area contributed by atoms with E-state index in [4.69, 9.17) is 15.7 Å². The Morgan fingerprint density at radius 1 is 1.18 bits per heavy atom. The van der Waals surface area contributed by atoms with Crippen molar-refractivity contribution in [2.45, 2.75) is 23.7 Å². The summed E-state index contributed by atoms with van der Waals surface area (Å²) in [5.74, 6) is -0.858. The molecule has 4 N–H and O–H groups in total. The number of anilines is 1. The zero-order chi connectivity index (χ0) is 20.3. The fourth-order valence-electron chi connectivity index (χ4n) is 2.88. The van der Waals surface area contributed by atoms with Gasteiger partial charge in [-0.3, -0.25) is 4.79 Å². The number of hydrogen-bond donors (Lipinski definition) is 2. The van der Waals surface area contributed by atoms with E-state index in [0.29, 0.717) is 15.9 Å². The molecule has 0 fully saturated rings. The molecule has 3 aromatic rings. The molecular weight excluding hydrogens is 400 g/mol. The van der Waals surface area contributed by atoms with Gasteiger partial charge in [0.2, 0.25) is 11.5 Å². The van der Waals surface area contributed by atoms with E-state index in [-0.39, 0.29) is 10.2 Å². The molecule has 0 bridgehead atoms. The SMILES string of the molecule is Cc1ccc(-c2nc(N)nc3sc(S(=O)(=O)OC4(C(N)=O)C=C4)cc23)c(C)c1. The number of carbonyl (C=O) groups is 1. The predicted octanol–water partition coefficient (Wildman–Crippen LogP) is 2.06. The van der Waals surface area contributed by atoms with Crippen LogP contribution in [0.5, 0.6) is 0 Å². The largest absolute Gasteiger partial charge is 0.368 e. The minimum atomic E-state index is -4.24. The fourth-order valence-corrected chi connectivity index (χ4v) is 5.30. The first kappa shape index (κ1) is 18.5. The van der Waals surface area contributed by atoms with E-state index in [1.807, 2.05) is 32.0 Å². The lowest BCUT2D eigenvalue weighted by atomic mass is 10.0. The van der Waals surface area contributed by atoms with Crippen molar-refractivity contribution in [3.05, 3.63) is 47.5 Å². The minimum absolute atomic E-state index is 0.0339. The van der Waals surface area contributed by atoms with Gasteiger partial charge in [0.05, 0.1) is 5.69 Å². The number of amides is 1. The third kappa shape index (κ3) is 3.05. The average Bonchev–Trinajstić information content (AvgIpc) is 3.23. The van der Waals surface area contributed by atoms with Crippen molar-refractivity contribution in [1.29, 1.82) is 0 Å². The molecule has 1 aromatic carbocycles. The third-order valence-electron chi connectivity index (χ3n) is 4.37. The van der Waals surface area contributed by atoms with Gasteiger partial charge in [-0.1, -0.05) is 23.8 Å². The van der Waals surface area contributed by atoms with Gasteiger partial charge < -0.3 is 11.5 Å². The molecule has 0 radical (unpaired) electrons. The first-order chi connectivity index (χ1) is 13.1. The predicted molar refractivity (Wildman–Crippen MR) is 106 cm³/mol. The lowest BCUT2D eigenvalue weighted by Crippen LogP contribution is -2.36. The van der Waals surface area contributed by atoms with Gasteiger partial charge in [-0.2, -0.15) is 8.42 Å². The summed E-state index contributed by atoms with van der Waals surface area (Å²) in [4.78, 5) is 20.3. The summed E-state index contributed by atoms with van der Waals surface area (Å²) in [5, 5.41) is 0.533. The van der Waals surface area contributed by atoms with Crippen molar-refractivity contribution in [2.75, 3.05) is 5.73 Å². The topological polar surface area (TPSA) is 138 Å². The van der Waals surface area contributed by atoms with E-state index in [1.54, 1.807) is 0 Å². The lowest BCUT2D eigenvalue weighted by Gasteiger charge is -2.11. The van der Waals surface area contributed by atoms with Crippen molar-refractivity contribution in [3.63, 3.8) is 0 Å². The summed E-state index contributed by atoms with van der Waals surface area (Å²) in [6, 6.07) is 7.28. The summed E-state index contributed by atoms with van der Waals surface area (Å²) >= 11 is 0.892. The number of nitrogen functional groups attached to an aromatic ring is 1. The van der Waals surface area contributed by atoms with Crippen LogP contribution in [0.25, 0.3) is 21.5 Å². The number of aryl methyl sites for hydroxylation is 2. The first-order valence-electron chi connectivity index (χ1n) is 8.22. The molecule has 0 spiro atoms. The Hall–Kier alpha value is -2.82. The lowest BCUT2D eigenvalue weighted by molar-refractivity contribution is -0.124. The average molecular weight is 416 g/mol. The van der Waals surface area contributed by atoms with Crippen molar-refractivity contribution >= 4 is 43.5 Å². The van der Waals surface area contributed by atoms with Crippen LogP contribution < -0.4 is 11.5 Å². The second kappa shape index (κ2) is 6.09. The number of carbonyl (C=O) groups excluding carboxylic acids is 1. The normalized spacial score (nSPS) is 15.1. The summed E-state index contributed by atoms with van der Waals surface area (Å²) in [5.41, 5.74) is 12.8. The van der Waals surface area contributed by atoms with Crippen LogP contribution in [0.3, 0.4) is 0 Å². The summed E-state index contributed by atoms with van der Waals surface area (Å²) in [6.07, 6.45) is 2.58. The smallest absolute Gasteiger partial charge is 0.308 e. The standard InChI is InChI=1S/C18H16N4O4S2/c1-9-3-4-11(10(2)7-9)14-12-8-13(27-15(12)22-17(20)21-14)28(24,25)26-18(5-6-18)16(19)23/h3-8H,1-2H3,(H2,19,23)(H2,20,21,22). The number of thiophene rings is 1. The quantitative estimate of drug-likeness (QED) is 0.479. The van der Waals surface area contributed by atoms with Crippen LogP contribution in [0.2, 0.25) is 0 Å². The third-order valence-corrected chi connectivity index (χ3v) is 7.16. The number of nitrogens with zero attached hydrogens (tertiary/aromatic N) is 2. The minimum Gasteiger partial charge on any atom is -0.368 e. The maximum Gasteiger partial charge on any atom is 0.308 e. The highest BCUT2D eigenvalue weighted by Gasteiger charge is 2.47. The molecule has 0 aliphatic heterocycles. The number of fused-ring (bicyclic) bond motifs is 1. The number of benzene rings is 1. The Morgan fingerprint density at radius 3 is 2.50 bits per heavy atom. The van der Waals surface area contributed by atoms with Crippen molar-refractivity contribution in [2.24, 2.45) is 5.73 Å². The Morgan fingerprint density at radius 2 is 1.89 bits per heavy atom. The van der Waals surface area contributed by atoms with Gasteiger partial charge in [0.25, 0.3) is 5.91 Å². The monoisotopic (exact) mass is 416 g/mol. The number of nitrogens with two attached hydrogens (primary N) is 2. The highest BCUT2D eigenvalue weighted by atomic mass is 32.3. The first-order valence-corrected chi connectivity index (χ1v) is 10.4. The molecule has 1 aliphatic rings. The number of aromatic nitrogens is 2. The molecule has 0 unspecified atom stereocenters. The molecule has 0 saturated carbocycles. The maximum absolute atomic E-state index is 12.7. The van der Waals surface area contributed by atoms with Crippen molar-refractivity contribution < 1.29 is 17.4 Å². The number of primary amides is 1.